The van der Waals surface area contributed by atoms with Crippen molar-refractivity contribution in [2.45, 2.75) is 19.0 Å². The fourth-order valence-corrected chi connectivity index (χ4v) is 3.54. The maximum Gasteiger partial charge on any atom is 0.0243 e. The predicted octanol–water partition coefficient (Wildman–Crippen LogP) is 1.23. The molecule has 0 bridgehead atoms. The lowest BCUT2D eigenvalue weighted by atomic mass is 10.2. The first-order valence-electron chi connectivity index (χ1n) is 6.60. The second kappa shape index (κ2) is 5.48. The number of piperazine rings is 1. The van der Waals surface area contributed by atoms with Crippen LogP contribution in [-0.2, 0) is 6.54 Å². The molecule has 1 N–H and O–H groups in total. The van der Waals surface area contributed by atoms with Gasteiger partial charge >= 0.3 is 0 Å². The first-order valence-corrected chi connectivity index (χ1v) is 7.54. The maximum atomic E-state index is 3.46. The Balaban J connectivity index is 1.47. The minimum atomic E-state index is 0.804. The maximum absolute atomic E-state index is 3.46. The number of nitrogens with one attached hydrogen (secondary N) is 1. The van der Waals surface area contributed by atoms with Gasteiger partial charge in [0.1, 0.15) is 0 Å². The van der Waals surface area contributed by atoms with Gasteiger partial charge < -0.3 is 5.32 Å². The van der Waals surface area contributed by atoms with Crippen LogP contribution in [0.1, 0.15) is 12.0 Å². The second-order valence-electron chi connectivity index (χ2n) is 5.09. The van der Waals surface area contributed by atoms with Crippen LogP contribution >= 0.6 is 11.3 Å². The Morgan fingerprint density at radius 3 is 2.82 bits per heavy atom. The molecule has 2 aliphatic rings. The van der Waals surface area contributed by atoms with Crippen molar-refractivity contribution in [2.75, 3.05) is 39.3 Å². The van der Waals surface area contributed by atoms with Gasteiger partial charge in [-0.05, 0) is 35.4 Å². The molecule has 0 spiro atoms. The molecule has 1 aromatic heterocycles. The van der Waals surface area contributed by atoms with Crippen molar-refractivity contribution in [2.24, 2.45) is 0 Å². The second-order valence-corrected chi connectivity index (χ2v) is 5.87. The molecule has 3 rings (SSSR count). The highest BCUT2D eigenvalue weighted by Crippen LogP contribution is 2.15. The molecular weight excluding hydrogens is 230 g/mol. The molecule has 0 radical (unpaired) electrons. The van der Waals surface area contributed by atoms with E-state index in [0.717, 1.165) is 12.6 Å². The van der Waals surface area contributed by atoms with Crippen LogP contribution in [0.3, 0.4) is 0 Å². The van der Waals surface area contributed by atoms with Crippen molar-refractivity contribution in [3.63, 3.8) is 0 Å². The number of rotatable bonds is 3. The van der Waals surface area contributed by atoms with E-state index in [1.54, 1.807) is 11.3 Å². The summed E-state index contributed by atoms with van der Waals surface area (Å²) >= 11 is 1.80. The Labute approximate surface area is 107 Å². The lowest BCUT2D eigenvalue weighted by Crippen LogP contribution is -2.50. The Bertz CT molecular complexity index is 324. The first-order chi connectivity index (χ1) is 8.42. The molecule has 1 atom stereocenters. The summed E-state index contributed by atoms with van der Waals surface area (Å²) in [6.07, 6.45) is 1.34. The third kappa shape index (κ3) is 2.88. The van der Waals surface area contributed by atoms with Gasteiger partial charge in [0.25, 0.3) is 0 Å². The van der Waals surface area contributed by atoms with E-state index < -0.39 is 0 Å². The van der Waals surface area contributed by atoms with Crippen LogP contribution in [0.5, 0.6) is 0 Å². The Kier molecular flexibility index (Phi) is 3.76. The fourth-order valence-electron chi connectivity index (χ4n) is 2.88. The van der Waals surface area contributed by atoms with Crippen LogP contribution in [0.4, 0.5) is 0 Å². The highest BCUT2D eigenvalue weighted by molar-refractivity contribution is 7.07. The number of thiophene rings is 1. The molecule has 17 heavy (non-hydrogen) atoms. The van der Waals surface area contributed by atoms with Gasteiger partial charge in [0, 0.05) is 45.3 Å². The lowest BCUT2D eigenvalue weighted by molar-refractivity contribution is 0.0982. The summed E-state index contributed by atoms with van der Waals surface area (Å²) in [6, 6.07) is 3.05. The minimum absolute atomic E-state index is 0.804. The monoisotopic (exact) mass is 251 g/mol. The van der Waals surface area contributed by atoms with Crippen LogP contribution in [0.15, 0.2) is 16.8 Å². The van der Waals surface area contributed by atoms with E-state index in [1.807, 2.05) is 0 Å². The average molecular weight is 251 g/mol. The average Bonchev–Trinajstić information content (AvgIpc) is 3.01. The molecule has 0 saturated carbocycles. The number of hydrogen-bond acceptors (Lipinski definition) is 4. The Morgan fingerprint density at radius 2 is 2.18 bits per heavy atom. The Hall–Kier alpha value is -0.420. The smallest absolute Gasteiger partial charge is 0.0243 e. The van der Waals surface area contributed by atoms with E-state index in [1.165, 1.54) is 51.3 Å². The molecule has 2 saturated heterocycles. The fraction of sp³-hybridized carbons (Fsp3) is 0.692. The van der Waals surface area contributed by atoms with Crippen LogP contribution in [0.2, 0.25) is 0 Å². The van der Waals surface area contributed by atoms with E-state index in [9.17, 15) is 0 Å². The summed E-state index contributed by atoms with van der Waals surface area (Å²) in [5.74, 6) is 0. The quantitative estimate of drug-likeness (QED) is 0.871. The highest BCUT2D eigenvalue weighted by atomic mass is 32.1. The molecule has 3 nitrogen and oxygen atoms in total. The van der Waals surface area contributed by atoms with Gasteiger partial charge in [-0.3, -0.25) is 9.80 Å². The summed E-state index contributed by atoms with van der Waals surface area (Å²) in [5.41, 5.74) is 1.48. The standard InChI is InChI=1S/C13H21N3S/c1-3-14-9-13(1)16-6-4-15(5-7-16)10-12-2-8-17-11-12/h2,8,11,13-14H,1,3-7,9-10H2/t13-/m0/s1. The van der Waals surface area contributed by atoms with Crippen molar-refractivity contribution in [1.82, 2.24) is 15.1 Å². The molecule has 1 aromatic rings. The van der Waals surface area contributed by atoms with Crippen molar-refractivity contribution in [3.8, 4) is 0 Å². The molecule has 4 heteroatoms. The molecule has 2 fully saturated rings. The van der Waals surface area contributed by atoms with Gasteiger partial charge in [-0.2, -0.15) is 11.3 Å². The molecule has 94 valence electrons. The molecule has 0 aliphatic carbocycles. The van der Waals surface area contributed by atoms with Crippen molar-refractivity contribution in [3.05, 3.63) is 22.4 Å². The lowest BCUT2D eigenvalue weighted by Gasteiger charge is -2.37. The Morgan fingerprint density at radius 1 is 1.29 bits per heavy atom. The molecule has 0 aromatic carbocycles. The van der Waals surface area contributed by atoms with Gasteiger partial charge in [0.05, 0.1) is 0 Å². The van der Waals surface area contributed by atoms with Crippen LogP contribution < -0.4 is 5.32 Å². The predicted molar refractivity (Wildman–Crippen MR) is 72.4 cm³/mol. The van der Waals surface area contributed by atoms with Gasteiger partial charge in [-0.15, -0.1) is 0 Å². The molecule has 3 heterocycles. The largest absolute Gasteiger partial charge is 0.315 e. The zero-order valence-corrected chi connectivity index (χ0v) is 11.1. The normalized spacial score (nSPS) is 27.6. The van der Waals surface area contributed by atoms with E-state index in [-0.39, 0.29) is 0 Å². The third-order valence-corrected chi connectivity index (χ3v) is 4.68. The van der Waals surface area contributed by atoms with E-state index in [2.05, 4.69) is 31.9 Å². The summed E-state index contributed by atoms with van der Waals surface area (Å²) in [4.78, 5) is 5.26. The summed E-state index contributed by atoms with van der Waals surface area (Å²) < 4.78 is 0. The van der Waals surface area contributed by atoms with Crippen LogP contribution in [-0.4, -0.2) is 55.1 Å². The van der Waals surface area contributed by atoms with Crippen molar-refractivity contribution < 1.29 is 0 Å². The van der Waals surface area contributed by atoms with E-state index in [0.29, 0.717) is 0 Å². The zero-order valence-electron chi connectivity index (χ0n) is 10.3. The molecule has 0 amide bonds. The van der Waals surface area contributed by atoms with Gasteiger partial charge in [0.2, 0.25) is 0 Å². The van der Waals surface area contributed by atoms with Crippen LogP contribution in [0, 0.1) is 0 Å². The van der Waals surface area contributed by atoms with Gasteiger partial charge in [0.15, 0.2) is 0 Å². The number of hydrogen-bond donors (Lipinski definition) is 1. The molecule has 0 unspecified atom stereocenters. The van der Waals surface area contributed by atoms with Gasteiger partial charge in [-0.25, -0.2) is 0 Å². The topological polar surface area (TPSA) is 18.5 Å². The molecule has 2 aliphatic heterocycles. The molecular formula is C13H21N3S. The summed E-state index contributed by atoms with van der Waals surface area (Å²) in [7, 11) is 0. The number of nitrogens with zero attached hydrogens (tertiary/aromatic N) is 2. The first kappa shape index (κ1) is 11.7. The summed E-state index contributed by atoms with van der Waals surface area (Å²) in [5, 5.41) is 7.91. The zero-order chi connectivity index (χ0) is 11.5. The van der Waals surface area contributed by atoms with E-state index >= 15 is 0 Å². The minimum Gasteiger partial charge on any atom is -0.315 e. The highest BCUT2D eigenvalue weighted by Gasteiger charge is 2.25. The van der Waals surface area contributed by atoms with Gasteiger partial charge in [-0.1, -0.05) is 0 Å². The van der Waals surface area contributed by atoms with E-state index in [4.69, 9.17) is 0 Å². The summed E-state index contributed by atoms with van der Waals surface area (Å²) in [6.45, 7) is 8.50. The third-order valence-electron chi connectivity index (χ3n) is 3.94. The van der Waals surface area contributed by atoms with Crippen LogP contribution in [0.25, 0.3) is 0 Å². The van der Waals surface area contributed by atoms with Crippen molar-refractivity contribution >= 4 is 11.3 Å². The van der Waals surface area contributed by atoms with Crippen molar-refractivity contribution in [1.29, 1.82) is 0 Å². The SMILES string of the molecule is c1cc(CN2CCN([C@H]3CCNC3)CC2)cs1.